The molecule has 178 valence electrons. The first-order chi connectivity index (χ1) is 15.5. The van der Waals surface area contributed by atoms with Crippen molar-refractivity contribution >= 4 is 27.7 Å². The molecule has 3 aromatic rings. The van der Waals surface area contributed by atoms with Crippen molar-refractivity contribution in [2.75, 3.05) is 18.0 Å². The number of carboxylic acids is 1. The van der Waals surface area contributed by atoms with E-state index in [0.29, 0.717) is 17.3 Å². The van der Waals surface area contributed by atoms with E-state index in [2.05, 4.69) is 46.2 Å². The number of halogens is 2. The second-order valence-corrected chi connectivity index (χ2v) is 7.53. The maximum absolute atomic E-state index is 13.4. The van der Waals surface area contributed by atoms with Gasteiger partial charge in [0.15, 0.2) is 6.54 Å². The number of hydrogen-bond acceptors (Lipinski definition) is 8. The van der Waals surface area contributed by atoms with Crippen LogP contribution in [0.5, 0.6) is 5.75 Å². The number of benzene rings is 1. The van der Waals surface area contributed by atoms with E-state index >= 15 is 0 Å². The molecule has 0 amide bonds. The zero-order chi connectivity index (χ0) is 23.1. The van der Waals surface area contributed by atoms with Crippen molar-refractivity contribution in [1.82, 2.24) is 30.2 Å². The number of aliphatic carboxylic acids is 1. The SMILES string of the molecule is C.CC.O=C(O)Cn1nnc(-c2cnc(N3CCC(Oc4cc(F)ccc4Br)CC3)cn2)n1. The smallest absolute Gasteiger partial charge is 0.327 e. The minimum Gasteiger partial charge on any atom is -0.489 e. The molecule has 0 unspecified atom stereocenters. The number of anilines is 1. The lowest BCUT2D eigenvalue weighted by atomic mass is 10.1. The zero-order valence-electron chi connectivity index (χ0n) is 17.6. The van der Waals surface area contributed by atoms with Crippen LogP contribution in [0.3, 0.4) is 0 Å². The van der Waals surface area contributed by atoms with Gasteiger partial charge < -0.3 is 14.7 Å². The van der Waals surface area contributed by atoms with Crippen LogP contribution in [0.1, 0.15) is 34.1 Å². The Morgan fingerprint density at radius 2 is 1.97 bits per heavy atom. The lowest BCUT2D eigenvalue weighted by Crippen LogP contribution is -2.38. The van der Waals surface area contributed by atoms with E-state index in [9.17, 15) is 9.18 Å². The number of hydrogen-bond donors (Lipinski definition) is 1. The summed E-state index contributed by atoms with van der Waals surface area (Å²) in [5, 5.41) is 20.2. The van der Waals surface area contributed by atoms with E-state index < -0.39 is 5.97 Å². The Labute approximate surface area is 199 Å². The third kappa shape index (κ3) is 6.91. The number of aromatic nitrogens is 6. The van der Waals surface area contributed by atoms with Crippen LogP contribution in [0.4, 0.5) is 10.2 Å². The Morgan fingerprint density at radius 1 is 1.24 bits per heavy atom. The molecule has 33 heavy (non-hydrogen) atoms. The number of tetrazole rings is 1. The van der Waals surface area contributed by atoms with Crippen LogP contribution in [0, 0.1) is 5.82 Å². The van der Waals surface area contributed by atoms with Crippen LogP contribution in [0.25, 0.3) is 11.5 Å². The molecular formula is C21H27BrFN7O3. The van der Waals surface area contributed by atoms with E-state index in [4.69, 9.17) is 9.84 Å². The summed E-state index contributed by atoms with van der Waals surface area (Å²) in [6, 6.07) is 4.39. The van der Waals surface area contributed by atoms with Gasteiger partial charge in [-0.2, -0.15) is 4.80 Å². The van der Waals surface area contributed by atoms with Crippen molar-refractivity contribution in [2.45, 2.75) is 46.8 Å². The number of ether oxygens (including phenoxy) is 1. The topological polar surface area (TPSA) is 119 Å². The maximum Gasteiger partial charge on any atom is 0.327 e. The minimum absolute atomic E-state index is 0. The normalized spacial score (nSPS) is 13.5. The van der Waals surface area contributed by atoms with Gasteiger partial charge in [-0.25, -0.2) is 14.4 Å². The summed E-state index contributed by atoms with van der Waals surface area (Å²) in [7, 11) is 0. The molecule has 10 nitrogen and oxygen atoms in total. The molecule has 1 aromatic carbocycles. The monoisotopic (exact) mass is 523 g/mol. The summed E-state index contributed by atoms with van der Waals surface area (Å²) in [5.74, 6) is 0.0298. The predicted octanol–water partition coefficient (Wildman–Crippen LogP) is 3.83. The van der Waals surface area contributed by atoms with Gasteiger partial charge in [-0.3, -0.25) is 4.79 Å². The highest BCUT2D eigenvalue weighted by Crippen LogP contribution is 2.29. The summed E-state index contributed by atoms with van der Waals surface area (Å²) in [6.07, 6.45) is 4.66. The Balaban J connectivity index is 0.00000125. The summed E-state index contributed by atoms with van der Waals surface area (Å²) in [5.41, 5.74) is 0.407. The Kier molecular flexibility index (Phi) is 9.64. The highest BCUT2D eigenvalue weighted by molar-refractivity contribution is 9.10. The van der Waals surface area contributed by atoms with Gasteiger partial charge in [0.2, 0.25) is 5.82 Å². The van der Waals surface area contributed by atoms with E-state index in [1.54, 1.807) is 12.3 Å². The minimum atomic E-state index is -1.06. The number of piperidine rings is 1. The number of carboxylic acid groups (broad SMARTS) is 1. The first-order valence-corrected chi connectivity index (χ1v) is 11.0. The van der Waals surface area contributed by atoms with Gasteiger partial charge in [-0.05, 0) is 33.3 Å². The molecule has 0 spiro atoms. The van der Waals surface area contributed by atoms with E-state index in [-0.39, 0.29) is 31.7 Å². The maximum atomic E-state index is 13.4. The zero-order valence-corrected chi connectivity index (χ0v) is 19.2. The third-order valence-electron chi connectivity index (χ3n) is 4.55. The van der Waals surface area contributed by atoms with Gasteiger partial charge in [0, 0.05) is 32.0 Å². The van der Waals surface area contributed by atoms with Gasteiger partial charge in [0.05, 0.1) is 16.9 Å². The average Bonchev–Trinajstić information content (AvgIpc) is 3.26. The van der Waals surface area contributed by atoms with Crippen LogP contribution in [0.2, 0.25) is 0 Å². The van der Waals surface area contributed by atoms with Crippen LogP contribution in [0.15, 0.2) is 35.1 Å². The highest BCUT2D eigenvalue weighted by atomic mass is 79.9. The van der Waals surface area contributed by atoms with Crippen LogP contribution < -0.4 is 9.64 Å². The molecular weight excluding hydrogens is 497 g/mol. The Morgan fingerprint density at radius 3 is 2.61 bits per heavy atom. The van der Waals surface area contributed by atoms with Crippen molar-refractivity contribution < 1.29 is 19.0 Å². The molecule has 12 heteroatoms. The molecule has 0 aliphatic carbocycles. The second kappa shape index (κ2) is 12.2. The molecule has 0 bridgehead atoms. The van der Waals surface area contributed by atoms with Gasteiger partial charge in [0.1, 0.15) is 29.2 Å². The fraction of sp³-hybridized carbons (Fsp3) is 0.429. The molecule has 1 fully saturated rings. The average molecular weight is 524 g/mol. The van der Waals surface area contributed by atoms with Gasteiger partial charge in [-0.1, -0.05) is 21.3 Å². The summed E-state index contributed by atoms with van der Waals surface area (Å²) < 4.78 is 20.1. The quantitative estimate of drug-likeness (QED) is 0.513. The van der Waals surface area contributed by atoms with Crippen LogP contribution in [-0.4, -0.2) is 60.4 Å². The molecule has 1 aliphatic rings. The Hall–Kier alpha value is -3.15. The van der Waals surface area contributed by atoms with E-state index in [0.717, 1.165) is 35.2 Å². The van der Waals surface area contributed by atoms with Crippen LogP contribution >= 0.6 is 15.9 Å². The van der Waals surface area contributed by atoms with Gasteiger partial charge in [0.25, 0.3) is 0 Å². The molecule has 1 aliphatic heterocycles. The van der Waals surface area contributed by atoms with E-state index in [1.807, 2.05) is 13.8 Å². The highest BCUT2D eigenvalue weighted by Gasteiger charge is 2.23. The number of rotatable bonds is 6. The van der Waals surface area contributed by atoms with Crippen molar-refractivity contribution in [2.24, 2.45) is 0 Å². The molecule has 1 N–H and O–H groups in total. The molecule has 2 aromatic heterocycles. The lowest BCUT2D eigenvalue weighted by molar-refractivity contribution is -0.138. The number of carbonyl (C=O) groups is 1. The van der Waals surface area contributed by atoms with Gasteiger partial charge >= 0.3 is 5.97 Å². The Bertz CT molecular complexity index is 1040. The fourth-order valence-corrected chi connectivity index (χ4v) is 3.42. The van der Waals surface area contributed by atoms with Crippen molar-refractivity contribution in [1.29, 1.82) is 0 Å². The fourth-order valence-electron chi connectivity index (χ4n) is 3.08. The predicted molar refractivity (Wildman–Crippen MR) is 125 cm³/mol. The largest absolute Gasteiger partial charge is 0.489 e. The van der Waals surface area contributed by atoms with E-state index in [1.165, 1.54) is 18.3 Å². The molecule has 0 saturated carbocycles. The third-order valence-corrected chi connectivity index (χ3v) is 5.20. The molecule has 1 saturated heterocycles. The first kappa shape index (κ1) is 26.1. The molecule has 0 radical (unpaired) electrons. The van der Waals surface area contributed by atoms with Crippen molar-refractivity contribution in [3.05, 3.63) is 40.9 Å². The summed E-state index contributed by atoms with van der Waals surface area (Å²) in [6.45, 7) is 5.07. The molecule has 0 atom stereocenters. The first-order valence-electron chi connectivity index (χ1n) is 10.2. The summed E-state index contributed by atoms with van der Waals surface area (Å²) in [4.78, 5) is 22.5. The standard InChI is InChI=1S/C18H17BrFN7O3.C2H6.CH4/c19-13-2-1-11(20)7-15(13)30-12-3-5-26(6-4-12)16-9-21-14(8-22-16)18-23-25-27(24-18)10-17(28)29;1-2;/h1-2,7-9,12H,3-6,10H2,(H,28,29);1-2H3;1H4. The molecule has 3 heterocycles. The van der Waals surface area contributed by atoms with Crippen LogP contribution in [-0.2, 0) is 11.3 Å². The summed E-state index contributed by atoms with van der Waals surface area (Å²) >= 11 is 3.38. The van der Waals surface area contributed by atoms with Crippen molar-refractivity contribution in [3.8, 4) is 17.3 Å². The number of nitrogens with zero attached hydrogens (tertiary/aromatic N) is 7. The lowest BCUT2D eigenvalue weighted by Gasteiger charge is -2.32. The second-order valence-electron chi connectivity index (χ2n) is 6.68. The van der Waals surface area contributed by atoms with Crippen molar-refractivity contribution in [3.63, 3.8) is 0 Å². The molecule has 4 rings (SSSR count). The van der Waals surface area contributed by atoms with Gasteiger partial charge in [-0.15, -0.1) is 10.2 Å².